The number of carbonyl (C=O) groups is 5. The monoisotopic (exact) mass is 1270 g/mol. The van der Waals surface area contributed by atoms with E-state index >= 15 is 0 Å². The third-order valence-corrected chi connectivity index (χ3v) is 17.6. The van der Waals surface area contributed by atoms with E-state index in [1.807, 2.05) is 0 Å². The number of aromatic nitrogens is 4. The van der Waals surface area contributed by atoms with Gasteiger partial charge in [0.15, 0.2) is 0 Å². The van der Waals surface area contributed by atoms with Crippen LogP contribution < -0.4 is 31.9 Å². The Balaban J connectivity index is 0.908. The highest BCUT2D eigenvalue weighted by Gasteiger charge is 2.25. The fraction of sp³-hybridized carbons (Fsp3) is 0.0889. The van der Waals surface area contributed by atoms with Gasteiger partial charge in [-0.1, -0.05) is 0 Å². The Morgan fingerprint density at radius 2 is 0.548 bits per heavy atom. The summed E-state index contributed by atoms with van der Waals surface area (Å²) in [5.74, 6) is -3.41. The summed E-state index contributed by atoms with van der Waals surface area (Å²) < 4.78 is 221. The second-order valence-corrected chi connectivity index (χ2v) is 26.1. The first-order valence-corrected chi connectivity index (χ1v) is 31.0. The highest BCUT2D eigenvalue weighted by atomic mass is 32.2. The average molecular weight is 1280 g/mol. The Morgan fingerprint density at radius 1 is 0.310 bits per heavy atom. The molecule has 444 valence electrons. The lowest BCUT2D eigenvalue weighted by atomic mass is 10.1. The van der Waals surface area contributed by atoms with Crippen LogP contribution in [0.1, 0.15) is 41.4 Å². The van der Waals surface area contributed by atoms with Gasteiger partial charge in [0.2, 0.25) is 0 Å². The number of aryl methyl sites for hydroxylation is 4. The van der Waals surface area contributed by atoms with E-state index in [1.165, 1.54) is 95.5 Å². The Bertz CT molecular complexity index is 4640. The van der Waals surface area contributed by atoms with Gasteiger partial charge in [-0.15, -0.1) is 0 Å². The smallest absolute Gasteiger partial charge is 0.325 e. The summed E-state index contributed by atoms with van der Waals surface area (Å²) in [6, 6.07) is 8.17. The van der Waals surface area contributed by atoms with E-state index < -0.39 is 153 Å². The van der Waals surface area contributed by atoms with Crippen molar-refractivity contribution >= 4 is 147 Å². The number of nitrogens with one attached hydrogen (secondary N) is 6. The van der Waals surface area contributed by atoms with Crippen LogP contribution in [0.4, 0.5) is 39.4 Å². The van der Waals surface area contributed by atoms with Crippen molar-refractivity contribution in [3.8, 4) is 0 Å². The molecule has 0 aliphatic heterocycles. The summed E-state index contributed by atoms with van der Waals surface area (Å²) in [5.41, 5.74) is -1.37. The van der Waals surface area contributed by atoms with Gasteiger partial charge >= 0.3 is 6.03 Å². The summed E-state index contributed by atoms with van der Waals surface area (Å²) >= 11 is 0. The molecule has 4 aromatic carbocycles. The predicted molar refractivity (Wildman–Crippen MR) is 282 cm³/mol. The van der Waals surface area contributed by atoms with Crippen molar-refractivity contribution in [1.82, 2.24) is 18.3 Å². The van der Waals surface area contributed by atoms with Gasteiger partial charge in [0.05, 0.1) is 51.6 Å². The van der Waals surface area contributed by atoms with Crippen LogP contribution in [-0.2, 0) is 88.9 Å². The summed E-state index contributed by atoms with van der Waals surface area (Å²) in [6.07, 6.45) is 5.06. The molecular weight excluding hydrogens is 1240 g/mol. The van der Waals surface area contributed by atoms with Crippen molar-refractivity contribution in [3.05, 3.63) is 120 Å². The Labute approximate surface area is 473 Å². The van der Waals surface area contributed by atoms with Crippen molar-refractivity contribution in [1.29, 1.82) is 0 Å². The quantitative estimate of drug-likeness (QED) is 0.0745. The second kappa shape index (κ2) is 21.4. The minimum Gasteiger partial charge on any atom is -0.744 e. The average Bonchev–Trinajstić information content (AvgIpc) is 2.11. The summed E-state index contributed by atoms with van der Waals surface area (Å²) in [6.45, 7) is 0. The van der Waals surface area contributed by atoms with E-state index in [2.05, 4.69) is 31.9 Å². The normalized spacial score (nSPS) is 12.5. The molecule has 0 saturated carbocycles. The molecule has 0 aliphatic carbocycles. The molecule has 0 aliphatic rings. The zero-order valence-electron chi connectivity index (χ0n) is 42.4. The molecule has 8 rings (SSSR count). The van der Waals surface area contributed by atoms with Crippen molar-refractivity contribution in [2.75, 3.05) is 31.9 Å². The first kappa shape index (κ1) is 61.2. The van der Waals surface area contributed by atoms with Crippen LogP contribution in [0.25, 0.3) is 21.5 Å². The fourth-order valence-corrected chi connectivity index (χ4v) is 13.3. The molecule has 0 radical (unpaired) electrons. The van der Waals surface area contributed by atoms with Crippen LogP contribution in [0.2, 0.25) is 0 Å². The van der Waals surface area contributed by atoms with Gasteiger partial charge in [-0.05, 0) is 83.6 Å². The number of urea groups is 1. The van der Waals surface area contributed by atoms with Gasteiger partial charge in [-0.3, -0.25) is 29.8 Å². The third kappa shape index (κ3) is 13.0. The summed E-state index contributed by atoms with van der Waals surface area (Å²) in [4.78, 5) is 58.1. The molecule has 6 amide bonds. The van der Waals surface area contributed by atoms with Crippen LogP contribution in [0, 0.1) is 0 Å². The molecule has 0 spiro atoms. The lowest BCUT2D eigenvalue weighted by Crippen LogP contribution is -2.22. The lowest BCUT2D eigenvalue weighted by molar-refractivity contribution is 0.101. The van der Waals surface area contributed by atoms with Gasteiger partial charge < -0.3 is 66.9 Å². The van der Waals surface area contributed by atoms with Crippen LogP contribution in [0.3, 0.4) is 0 Å². The highest BCUT2D eigenvalue weighted by molar-refractivity contribution is 7.89. The van der Waals surface area contributed by atoms with Gasteiger partial charge in [-0.25, -0.2) is 55.3 Å². The van der Waals surface area contributed by atoms with Crippen molar-refractivity contribution in [3.63, 3.8) is 0 Å². The Morgan fingerprint density at radius 3 is 0.810 bits per heavy atom. The number of anilines is 6. The molecule has 0 saturated heterocycles. The van der Waals surface area contributed by atoms with Crippen LogP contribution in [0.15, 0.2) is 127 Å². The first-order chi connectivity index (χ1) is 38.6. The molecule has 4 aromatic heterocycles. The number of hydrogen-bond donors (Lipinski definition) is 6. The van der Waals surface area contributed by atoms with Crippen molar-refractivity contribution in [2.45, 2.75) is 29.4 Å². The van der Waals surface area contributed by atoms with Crippen LogP contribution in [0.5, 0.6) is 0 Å². The molecule has 4 heterocycles. The summed E-state index contributed by atoms with van der Waals surface area (Å²) in [5, 5.41) is 12.1. The number of nitrogens with zero attached hydrogens (tertiary/aromatic N) is 4. The topological polar surface area (TPSA) is 520 Å². The SMILES string of the molecule is Cn1cc(C(=O)Nc2cc(C(=O)Nc3cc(S(=O)(=O)[O-])c4cc(S(=O)(=O)[O-])c(S(=O)(=O)[O-])cc4c3)cn2C)cc1NC(=O)Nc1cc(C(=O)Nc2cc(C(=O)Nc3cc(S(=O)(=O)[O-])c4cc(S(=O)(=O)[O-])c(S(=O)(=O)[O-])cc4c3)cn2C)cn1C. The van der Waals surface area contributed by atoms with Crippen molar-refractivity contribution < 1.29 is 102 Å². The van der Waals surface area contributed by atoms with Gasteiger partial charge in [0, 0.05) is 75.1 Å². The minimum absolute atomic E-state index is 0.000431. The van der Waals surface area contributed by atoms with E-state index in [4.69, 9.17) is 0 Å². The van der Waals surface area contributed by atoms with E-state index in [9.17, 15) is 102 Å². The maximum atomic E-state index is 13.4. The molecule has 33 nitrogen and oxygen atoms in total. The van der Waals surface area contributed by atoms with Gasteiger partial charge in [0.25, 0.3) is 23.6 Å². The standard InChI is InChI=1S/C45H40N10O23S6/c1-52-17-23(41(56)46-27-5-21-7-33(81(67,68)69)35(83(73,74)75)15-29(21)31(13-27)79(61,62)63)9-37(52)48-43(58)25-11-39(54(3)19-25)50-45(60)51-40-12-26(20-55(40)4)44(59)49-38-10-24(18-53(38)2)42(57)47-28-6-22-8-34(82(70,71)72)36(84(76,77)78)16-30(22)32(14-28)80(64,65)66/h5-20H,1-4H3,(H,46,56)(H,47,57)(H,48,58)(H,49,59)(H2,50,51,60)(H,61,62,63)(H,64,65,66)(H,67,68,69)(H,70,71,72)(H,73,74,75)(H,76,77,78)/p-6. The van der Waals surface area contributed by atoms with Gasteiger partial charge in [-0.2, -0.15) is 0 Å². The molecule has 6 N–H and O–H groups in total. The predicted octanol–water partition coefficient (Wildman–Crippen LogP) is 1.42. The molecule has 84 heavy (non-hydrogen) atoms. The molecule has 39 heteroatoms. The molecule has 0 atom stereocenters. The number of hydrogen-bond acceptors (Lipinski definition) is 23. The lowest BCUT2D eigenvalue weighted by Gasteiger charge is -2.19. The Hall–Kier alpha value is -8.87. The van der Waals surface area contributed by atoms with E-state index in [0.717, 1.165) is 12.1 Å². The van der Waals surface area contributed by atoms with Gasteiger partial charge in [0.1, 0.15) is 84.0 Å². The number of carbonyl (C=O) groups excluding carboxylic acids is 5. The molecule has 0 fully saturated rings. The van der Waals surface area contributed by atoms with Crippen LogP contribution in [-0.4, -0.2) is 126 Å². The first-order valence-electron chi connectivity index (χ1n) is 22.5. The zero-order valence-corrected chi connectivity index (χ0v) is 47.3. The summed E-state index contributed by atoms with van der Waals surface area (Å²) in [7, 11) is -28.1. The number of rotatable bonds is 16. The van der Waals surface area contributed by atoms with Crippen LogP contribution >= 0.6 is 0 Å². The van der Waals surface area contributed by atoms with E-state index in [0.29, 0.717) is 24.3 Å². The number of benzene rings is 4. The molecule has 0 unspecified atom stereocenters. The third-order valence-electron chi connectivity index (χ3n) is 12.1. The van der Waals surface area contributed by atoms with E-state index in [-0.39, 0.29) is 57.7 Å². The highest BCUT2D eigenvalue weighted by Crippen LogP contribution is 2.36. The fourth-order valence-electron chi connectivity index (χ4n) is 8.31. The minimum atomic E-state index is -5.71. The number of amides is 6. The van der Waals surface area contributed by atoms with Crippen molar-refractivity contribution in [2.24, 2.45) is 28.2 Å². The molecular formula is C45H34N10O23S6-6. The maximum absolute atomic E-state index is 13.4. The Kier molecular flexibility index (Phi) is 15.6. The molecule has 0 bridgehead atoms. The largest absolute Gasteiger partial charge is 0.744 e. The number of fused-ring (bicyclic) bond motifs is 2. The van der Waals surface area contributed by atoms with E-state index in [1.54, 1.807) is 0 Å². The maximum Gasteiger partial charge on any atom is 0.325 e. The zero-order chi connectivity index (χ0) is 62.3. The molecule has 8 aromatic rings. The second-order valence-electron chi connectivity index (χ2n) is 18.0.